The van der Waals surface area contributed by atoms with E-state index in [0.717, 1.165) is 24.0 Å². The lowest BCUT2D eigenvalue weighted by Gasteiger charge is -2.05. The van der Waals surface area contributed by atoms with Gasteiger partial charge in [0.15, 0.2) is 6.29 Å². The number of thiophene rings is 2. The van der Waals surface area contributed by atoms with Gasteiger partial charge in [0, 0.05) is 27.7 Å². The van der Waals surface area contributed by atoms with Gasteiger partial charge in [0.2, 0.25) is 0 Å². The Hall–Kier alpha value is -0.970. The number of aliphatic hydroxyl groups excluding tert-OH is 1. The van der Waals surface area contributed by atoms with E-state index in [2.05, 4.69) is 13.0 Å². The summed E-state index contributed by atoms with van der Waals surface area (Å²) in [5.74, 6) is 0.416. The molecule has 0 radical (unpaired) electrons. The molecule has 0 bridgehead atoms. The number of fused-ring (bicyclic) bond motifs is 3. The summed E-state index contributed by atoms with van der Waals surface area (Å²) in [6, 6.07) is 4.28. The number of rotatable bonds is 4. The third kappa shape index (κ3) is 1.85. The Balaban J connectivity index is 1.96. The Kier molecular flexibility index (Phi) is 3.09. The van der Waals surface area contributed by atoms with Crippen LogP contribution in [0.4, 0.5) is 0 Å². The number of hydrogen-bond acceptors (Lipinski definition) is 4. The van der Waals surface area contributed by atoms with E-state index < -0.39 is 0 Å². The number of aliphatic hydroxyl groups is 1. The molecule has 1 aliphatic rings. The van der Waals surface area contributed by atoms with E-state index >= 15 is 0 Å². The lowest BCUT2D eigenvalue weighted by Crippen LogP contribution is -1.93. The van der Waals surface area contributed by atoms with Crippen molar-refractivity contribution >= 4 is 29.0 Å². The standard InChI is InChI=1S/C14H14O2S2/c1-8(2-3-15)12-6-10-4-9-5-11(7-16)17-13(9)14(10)18-12/h5-8,15H,2-4H2,1H3. The second-order valence-corrected chi connectivity index (χ2v) is 6.88. The molecule has 2 nitrogen and oxygen atoms in total. The van der Waals surface area contributed by atoms with Crippen LogP contribution in [0.3, 0.4) is 0 Å². The molecule has 2 aromatic heterocycles. The molecule has 0 fully saturated rings. The number of carbonyl (C=O) groups excluding carboxylic acids is 1. The maximum Gasteiger partial charge on any atom is 0.160 e. The van der Waals surface area contributed by atoms with Gasteiger partial charge in [-0.3, -0.25) is 4.79 Å². The van der Waals surface area contributed by atoms with Gasteiger partial charge in [-0.05, 0) is 35.6 Å². The number of carbonyl (C=O) groups is 1. The molecule has 1 atom stereocenters. The molecule has 0 amide bonds. The van der Waals surface area contributed by atoms with Crippen molar-refractivity contribution in [2.45, 2.75) is 25.7 Å². The van der Waals surface area contributed by atoms with Crippen molar-refractivity contribution in [1.29, 1.82) is 0 Å². The predicted octanol–water partition coefficient (Wildman–Crippen LogP) is 3.68. The van der Waals surface area contributed by atoms with Crippen molar-refractivity contribution in [3.05, 3.63) is 33.0 Å². The molecule has 1 aliphatic carbocycles. The monoisotopic (exact) mass is 278 g/mol. The first-order valence-corrected chi connectivity index (χ1v) is 7.68. The van der Waals surface area contributed by atoms with Gasteiger partial charge in [-0.2, -0.15) is 0 Å². The van der Waals surface area contributed by atoms with Crippen LogP contribution in [0.1, 0.15) is 44.9 Å². The smallest absolute Gasteiger partial charge is 0.160 e. The van der Waals surface area contributed by atoms with E-state index in [0.29, 0.717) is 5.92 Å². The van der Waals surface area contributed by atoms with E-state index in [1.165, 1.54) is 25.8 Å². The topological polar surface area (TPSA) is 37.3 Å². The maximum absolute atomic E-state index is 10.8. The molecule has 0 aromatic carbocycles. The van der Waals surface area contributed by atoms with Crippen LogP contribution < -0.4 is 0 Å². The summed E-state index contributed by atoms with van der Waals surface area (Å²) in [4.78, 5) is 15.6. The summed E-state index contributed by atoms with van der Waals surface area (Å²) in [7, 11) is 0. The van der Waals surface area contributed by atoms with Gasteiger partial charge in [0.1, 0.15) is 0 Å². The second-order valence-electron chi connectivity index (χ2n) is 4.71. The largest absolute Gasteiger partial charge is 0.396 e. The Morgan fingerprint density at radius 1 is 1.33 bits per heavy atom. The molecule has 94 valence electrons. The highest BCUT2D eigenvalue weighted by Crippen LogP contribution is 2.47. The van der Waals surface area contributed by atoms with Gasteiger partial charge >= 0.3 is 0 Å². The van der Waals surface area contributed by atoms with Gasteiger partial charge in [-0.1, -0.05) is 6.92 Å². The summed E-state index contributed by atoms with van der Waals surface area (Å²) in [5, 5.41) is 9.01. The Bertz CT molecular complexity index is 595. The van der Waals surface area contributed by atoms with E-state index in [4.69, 9.17) is 5.11 Å². The number of aldehydes is 1. The van der Waals surface area contributed by atoms with Crippen LogP contribution in [0, 0.1) is 0 Å². The van der Waals surface area contributed by atoms with Crippen LogP contribution in [0.5, 0.6) is 0 Å². The molecule has 1 N–H and O–H groups in total. The molecule has 18 heavy (non-hydrogen) atoms. The molecular formula is C14H14O2S2. The van der Waals surface area contributed by atoms with Crippen molar-refractivity contribution in [2.24, 2.45) is 0 Å². The highest BCUT2D eigenvalue weighted by molar-refractivity contribution is 7.23. The van der Waals surface area contributed by atoms with Crippen molar-refractivity contribution in [1.82, 2.24) is 0 Å². The van der Waals surface area contributed by atoms with Crippen molar-refractivity contribution in [2.75, 3.05) is 6.61 Å². The first-order valence-electron chi connectivity index (χ1n) is 6.04. The van der Waals surface area contributed by atoms with E-state index in [1.54, 1.807) is 11.3 Å². The van der Waals surface area contributed by atoms with Gasteiger partial charge in [-0.15, -0.1) is 22.7 Å². The highest BCUT2D eigenvalue weighted by Gasteiger charge is 2.25. The first-order chi connectivity index (χ1) is 8.72. The summed E-state index contributed by atoms with van der Waals surface area (Å²) < 4.78 is 0. The minimum absolute atomic E-state index is 0.239. The van der Waals surface area contributed by atoms with Crippen LogP contribution in [0.15, 0.2) is 12.1 Å². The van der Waals surface area contributed by atoms with E-state index in [1.807, 2.05) is 17.4 Å². The SMILES string of the molecule is CC(CCO)c1cc2c(s1)-c1sc(C=O)cc1C2. The third-order valence-corrected chi connectivity index (χ3v) is 6.08. The number of hydrogen-bond donors (Lipinski definition) is 1. The van der Waals surface area contributed by atoms with Crippen LogP contribution in [0.2, 0.25) is 0 Å². The maximum atomic E-state index is 10.8. The summed E-state index contributed by atoms with van der Waals surface area (Å²) in [6.45, 7) is 2.40. The van der Waals surface area contributed by atoms with Gasteiger partial charge in [0.25, 0.3) is 0 Å². The fourth-order valence-corrected chi connectivity index (χ4v) is 4.85. The molecule has 0 saturated carbocycles. The molecule has 1 unspecified atom stereocenters. The Morgan fingerprint density at radius 3 is 2.78 bits per heavy atom. The van der Waals surface area contributed by atoms with Crippen LogP contribution in [-0.4, -0.2) is 18.0 Å². The van der Waals surface area contributed by atoms with E-state index in [-0.39, 0.29) is 6.61 Å². The normalized spacial score (nSPS) is 14.3. The molecule has 0 aliphatic heterocycles. The minimum atomic E-state index is 0.239. The van der Waals surface area contributed by atoms with Crippen LogP contribution in [0.25, 0.3) is 9.75 Å². The molecular weight excluding hydrogens is 264 g/mol. The Morgan fingerprint density at radius 2 is 2.06 bits per heavy atom. The summed E-state index contributed by atoms with van der Waals surface area (Å²) in [5.41, 5.74) is 2.68. The summed E-state index contributed by atoms with van der Waals surface area (Å²) in [6.07, 6.45) is 2.71. The molecule has 0 saturated heterocycles. The van der Waals surface area contributed by atoms with Crippen molar-refractivity contribution in [3.63, 3.8) is 0 Å². The summed E-state index contributed by atoms with van der Waals surface area (Å²) >= 11 is 3.42. The van der Waals surface area contributed by atoms with E-state index in [9.17, 15) is 4.79 Å². The fraction of sp³-hybridized carbons (Fsp3) is 0.357. The Labute approximate surface area is 114 Å². The zero-order chi connectivity index (χ0) is 12.7. The average molecular weight is 278 g/mol. The van der Waals surface area contributed by atoms with Gasteiger partial charge in [0.05, 0.1) is 4.88 Å². The van der Waals surface area contributed by atoms with Crippen molar-refractivity contribution < 1.29 is 9.90 Å². The lowest BCUT2D eigenvalue weighted by molar-refractivity contribution is 0.112. The predicted molar refractivity (Wildman–Crippen MR) is 75.9 cm³/mol. The second kappa shape index (κ2) is 4.61. The quantitative estimate of drug-likeness (QED) is 0.739. The molecule has 0 spiro atoms. The third-order valence-electron chi connectivity index (χ3n) is 3.41. The van der Waals surface area contributed by atoms with Gasteiger partial charge in [-0.25, -0.2) is 0 Å². The molecule has 2 aromatic rings. The molecule has 3 rings (SSSR count). The zero-order valence-corrected chi connectivity index (χ0v) is 11.7. The average Bonchev–Trinajstić information content (AvgIpc) is 2.97. The van der Waals surface area contributed by atoms with Gasteiger partial charge < -0.3 is 5.11 Å². The first kappa shape index (κ1) is 12.1. The van der Waals surface area contributed by atoms with Crippen molar-refractivity contribution in [3.8, 4) is 9.75 Å². The van der Waals surface area contributed by atoms with Crippen LogP contribution >= 0.6 is 22.7 Å². The van der Waals surface area contributed by atoms with Crippen LogP contribution in [-0.2, 0) is 6.42 Å². The fourth-order valence-electron chi connectivity index (χ4n) is 2.39. The minimum Gasteiger partial charge on any atom is -0.396 e. The highest BCUT2D eigenvalue weighted by atomic mass is 32.1. The molecule has 2 heterocycles. The molecule has 4 heteroatoms. The lowest BCUT2D eigenvalue weighted by atomic mass is 10.1. The zero-order valence-electron chi connectivity index (χ0n) is 10.1.